The number of rotatable bonds is 3. The topological polar surface area (TPSA) is 20.3 Å². The van der Waals surface area contributed by atoms with Gasteiger partial charge < -0.3 is 4.90 Å². The van der Waals surface area contributed by atoms with E-state index < -0.39 is 11.6 Å². The molecule has 2 rings (SSSR count). The molecule has 1 atom stereocenters. The van der Waals surface area contributed by atoms with Crippen LogP contribution in [-0.2, 0) is 11.2 Å². The van der Waals surface area contributed by atoms with Crippen molar-refractivity contribution in [2.75, 3.05) is 13.1 Å². The molecule has 0 N–H and O–H groups in total. The van der Waals surface area contributed by atoms with Crippen molar-refractivity contribution >= 4 is 5.91 Å². The number of piperidine rings is 1. The Balaban J connectivity index is 1.87. The molecule has 1 unspecified atom stereocenters. The highest BCUT2D eigenvalue weighted by Gasteiger charge is 2.21. The normalized spacial score (nSPS) is 19.5. The second kappa shape index (κ2) is 6.13. The molecule has 4 heteroatoms. The summed E-state index contributed by atoms with van der Waals surface area (Å²) < 4.78 is 25.9. The van der Waals surface area contributed by atoms with E-state index in [1.807, 2.05) is 4.90 Å². The Hall–Kier alpha value is -1.45. The molecule has 0 bridgehead atoms. The van der Waals surface area contributed by atoms with Crippen molar-refractivity contribution < 1.29 is 13.6 Å². The van der Waals surface area contributed by atoms with Gasteiger partial charge in [0.2, 0.25) is 5.91 Å². The van der Waals surface area contributed by atoms with Crippen LogP contribution in [0.25, 0.3) is 0 Å². The first-order valence-electron chi connectivity index (χ1n) is 6.75. The lowest BCUT2D eigenvalue weighted by atomic mass is 9.91. The molecule has 1 heterocycles. The van der Waals surface area contributed by atoms with Crippen LogP contribution in [0.3, 0.4) is 0 Å². The first kappa shape index (κ1) is 14.0. The number of hydrogen-bond donors (Lipinski definition) is 0. The van der Waals surface area contributed by atoms with Crippen molar-refractivity contribution in [3.8, 4) is 0 Å². The van der Waals surface area contributed by atoms with E-state index in [0.29, 0.717) is 5.92 Å². The number of nitrogens with zero attached hydrogens (tertiary/aromatic N) is 1. The van der Waals surface area contributed by atoms with Crippen LogP contribution in [0.2, 0.25) is 0 Å². The van der Waals surface area contributed by atoms with E-state index in [1.165, 1.54) is 12.1 Å². The zero-order chi connectivity index (χ0) is 13.8. The number of aryl methyl sites for hydroxylation is 1. The number of carbonyl (C=O) groups is 1. The molecular formula is C15H19F2NO. The van der Waals surface area contributed by atoms with Crippen LogP contribution < -0.4 is 0 Å². The van der Waals surface area contributed by atoms with Crippen LogP contribution in [0.15, 0.2) is 18.2 Å². The van der Waals surface area contributed by atoms with E-state index in [-0.39, 0.29) is 5.91 Å². The SMILES string of the molecule is CC(=O)N1CCCC(CCc2ccc(F)c(F)c2)C1. The highest BCUT2D eigenvalue weighted by Crippen LogP contribution is 2.22. The van der Waals surface area contributed by atoms with E-state index in [4.69, 9.17) is 0 Å². The molecule has 0 aliphatic carbocycles. The minimum absolute atomic E-state index is 0.123. The molecular weight excluding hydrogens is 248 g/mol. The van der Waals surface area contributed by atoms with Gasteiger partial charge in [0.1, 0.15) is 0 Å². The summed E-state index contributed by atoms with van der Waals surface area (Å²) in [7, 11) is 0. The van der Waals surface area contributed by atoms with Gasteiger partial charge in [-0.1, -0.05) is 6.07 Å². The van der Waals surface area contributed by atoms with Crippen molar-refractivity contribution in [1.29, 1.82) is 0 Å². The van der Waals surface area contributed by atoms with Gasteiger partial charge in [-0.3, -0.25) is 4.79 Å². The van der Waals surface area contributed by atoms with Gasteiger partial charge in [0, 0.05) is 20.0 Å². The number of hydrogen-bond acceptors (Lipinski definition) is 1. The van der Waals surface area contributed by atoms with E-state index in [1.54, 1.807) is 13.0 Å². The fourth-order valence-corrected chi connectivity index (χ4v) is 2.65. The van der Waals surface area contributed by atoms with Gasteiger partial charge in [-0.2, -0.15) is 0 Å². The molecule has 0 spiro atoms. The molecule has 1 aliphatic heterocycles. The molecule has 1 fully saturated rings. The third kappa shape index (κ3) is 3.75. The first-order chi connectivity index (χ1) is 9.06. The van der Waals surface area contributed by atoms with Crippen molar-refractivity contribution in [2.45, 2.75) is 32.6 Å². The van der Waals surface area contributed by atoms with Crippen molar-refractivity contribution in [2.24, 2.45) is 5.92 Å². The zero-order valence-electron chi connectivity index (χ0n) is 11.2. The lowest BCUT2D eigenvalue weighted by Gasteiger charge is -2.32. The Morgan fingerprint density at radius 2 is 2.16 bits per heavy atom. The largest absolute Gasteiger partial charge is 0.343 e. The molecule has 19 heavy (non-hydrogen) atoms. The van der Waals surface area contributed by atoms with Crippen molar-refractivity contribution in [3.63, 3.8) is 0 Å². The number of amides is 1. The molecule has 0 aromatic heterocycles. The van der Waals surface area contributed by atoms with Gasteiger partial charge in [-0.25, -0.2) is 8.78 Å². The van der Waals surface area contributed by atoms with E-state index in [9.17, 15) is 13.6 Å². The van der Waals surface area contributed by atoms with Crippen molar-refractivity contribution in [3.05, 3.63) is 35.4 Å². The van der Waals surface area contributed by atoms with Crippen LogP contribution in [0.5, 0.6) is 0 Å². The van der Waals surface area contributed by atoms with Crippen LogP contribution in [0.4, 0.5) is 8.78 Å². The molecule has 1 saturated heterocycles. The predicted molar refractivity (Wildman–Crippen MR) is 69.7 cm³/mol. The number of likely N-dealkylation sites (tertiary alicyclic amines) is 1. The first-order valence-corrected chi connectivity index (χ1v) is 6.75. The number of carbonyl (C=O) groups excluding carboxylic acids is 1. The molecule has 1 amide bonds. The Bertz CT molecular complexity index is 461. The molecule has 2 nitrogen and oxygen atoms in total. The Kier molecular flexibility index (Phi) is 4.51. The second-order valence-electron chi connectivity index (χ2n) is 5.26. The minimum atomic E-state index is -0.802. The summed E-state index contributed by atoms with van der Waals surface area (Å²) >= 11 is 0. The predicted octanol–water partition coefficient (Wildman–Crippen LogP) is 3.16. The van der Waals surface area contributed by atoms with Crippen LogP contribution in [0, 0.1) is 17.6 Å². The molecule has 104 valence electrons. The highest BCUT2D eigenvalue weighted by molar-refractivity contribution is 5.73. The number of benzene rings is 1. The summed E-state index contributed by atoms with van der Waals surface area (Å²) in [6, 6.07) is 4.07. The Morgan fingerprint density at radius 1 is 1.37 bits per heavy atom. The monoisotopic (exact) mass is 267 g/mol. The number of halogens is 2. The van der Waals surface area contributed by atoms with Crippen molar-refractivity contribution in [1.82, 2.24) is 4.90 Å². The third-order valence-electron chi connectivity index (χ3n) is 3.79. The Morgan fingerprint density at radius 3 is 2.84 bits per heavy atom. The summed E-state index contributed by atoms with van der Waals surface area (Å²) in [5, 5.41) is 0. The summed E-state index contributed by atoms with van der Waals surface area (Å²) in [4.78, 5) is 13.2. The molecule has 1 aromatic rings. The fourth-order valence-electron chi connectivity index (χ4n) is 2.65. The summed E-state index contributed by atoms with van der Waals surface area (Å²) in [6.45, 7) is 3.23. The average Bonchev–Trinajstić information content (AvgIpc) is 2.40. The van der Waals surface area contributed by atoms with Gasteiger partial charge in [0.05, 0.1) is 0 Å². The fraction of sp³-hybridized carbons (Fsp3) is 0.533. The zero-order valence-corrected chi connectivity index (χ0v) is 11.2. The van der Waals surface area contributed by atoms with E-state index in [0.717, 1.165) is 44.3 Å². The van der Waals surface area contributed by atoms with Gasteiger partial charge in [0.25, 0.3) is 0 Å². The maximum Gasteiger partial charge on any atom is 0.219 e. The smallest absolute Gasteiger partial charge is 0.219 e. The quantitative estimate of drug-likeness (QED) is 0.823. The molecule has 0 radical (unpaired) electrons. The van der Waals surface area contributed by atoms with Crippen LogP contribution in [-0.4, -0.2) is 23.9 Å². The van der Waals surface area contributed by atoms with Crippen LogP contribution in [0.1, 0.15) is 31.7 Å². The van der Waals surface area contributed by atoms with Gasteiger partial charge in [-0.15, -0.1) is 0 Å². The molecule has 1 aromatic carbocycles. The molecule has 0 saturated carbocycles. The molecule has 1 aliphatic rings. The second-order valence-corrected chi connectivity index (χ2v) is 5.26. The lowest BCUT2D eigenvalue weighted by molar-refractivity contribution is -0.130. The van der Waals surface area contributed by atoms with E-state index in [2.05, 4.69) is 0 Å². The maximum absolute atomic E-state index is 13.1. The third-order valence-corrected chi connectivity index (χ3v) is 3.79. The summed E-state index contributed by atoms with van der Waals surface area (Å²) in [5.41, 5.74) is 0.818. The Labute approximate surface area is 112 Å². The van der Waals surface area contributed by atoms with Gasteiger partial charge in [-0.05, 0) is 49.3 Å². The summed E-state index contributed by atoms with van der Waals surface area (Å²) in [6.07, 6.45) is 3.78. The highest BCUT2D eigenvalue weighted by atomic mass is 19.2. The summed E-state index contributed by atoms with van der Waals surface area (Å²) in [5.74, 6) is -1.00. The van der Waals surface area contributed by atoms with E-state index >= 15 is 0 Å². The van der Waals surface area contributed by atoms with Gasteiger partial charge in [0.15, 0.2) is 11.6 Å². The standard InChI is InChI=1S/C15H19F2NO/c1-11(19)18-8-2-3-13(10-18)5-4-12-6-7-14(16)15(17)9-12/h6-7,9,13H,2-5,8,10H2,1H3. The van der Waals surface area contributed by atoms with Gasteiger partial charge >= 0.3 is 0 Å². The minimum Gasteiger partial charge on any atom is -0.343 e. The average molecular weight is 267 g/mol. The lowest BCUT2D eigenvalue weighted by Crippen LogP contribution is -2.38. The maximum atomic E-state index is 13.1. The van der Waals surface area contributed by atoms with Crippen LogP contribution >= 0.6 is 0 Å².